The summed E-state index contributed by atoms with van der Waals surface area (Å²) in [6.45, 7) is 5.78. The van der Waals surface area contributed by atoms with Crippen molar-refractivity contribution in [3.8, 4) is 11.5 Å². The van der Waals surface area contributed by atoms with Crippen LogP contribution in [0.1, 0.15) is 34.0 Å². The van der Waals surface area contributed by atoms with Crippen LogP contribution in [-0.4, -0.2) is 37.2 Å². The molecule has 0 bridgehead atoms. The highest BCUT2D eigenvalue weighted by atomic mass is 32.2. The normalized spacial score (nSPS) is 11.7. The second-order valence-corrected chi connectivity index (χ2v) is 11.4. The number of anilines is 2. The first kappa shape index (κ1) is 31.9. The van der Waals surface area contributed by atoms with Gasteiger partial charge >= 0.3 is 0 Å². The van der Waals surface area contributed by atoms with Crippen LogP contribution in [0.25, 0.3) is 6.08 Å². The van der Waals surface area contributed by atoms with E-state index in [1.165, 1.54) is 32.1 Å². The highest BCUT2D eigenvalue weighted by molar-refractivity contribution is 8.00. The summed E-state index contributed by atoms with van der Waals surface area (Å²) in [6.07, 6.45) is 1.54. The monoisotopic (exact) mass is 609 g/mol. The van der Waals surface area contributed by atoms with E-state index >= 15 is 0 Å². The molecule has 0 saturated carbocycles. The van der Waals surface area contributed by atoms with Gasteiger partial charge in [-0.05, 0) is 80.4 Å². The average molecular weight is 610 g/mol. The molecule has 0 heterocycles. The van der Waals surface area contributed by atoms with Crippen molar-refractivity contribution in [1.82, 2.24) is 5.32 Å². The van der Waals surface area contributed by atoms with Gasteiger partial charge in [0.05, 0.1) is 19.5 Å². The number of methoxy groups -OCH3 is 2. The van der Waals surface area contributed by atoms with E-state index in [0.29, 0.717) is 28.3 Å². The van der Waals surface area contributed by atoms with Crippen LogP contribution in [-0.2, 0) is 9.59 Å². The van der Waals surface area contributed by atoms with E-state index in [1.807, 2.05) is 57.2 Å². The van der Waals surface area contributed by atoms with Crippen molar-refractivity contribution in [1.29, 1.82) is 0 Å². The summed E-state index contributed by atoms with van der Waals surface area (Å²) in [5.74, 6) is -0.150. The van der Waals surface area contributed by atoms with Gasteiger partial charge < -0.3 is 25.4 Å². The van der Waals surface area contributed by atoms with E-state index in [2.05, 4.69) is 16.0 Å². The lowest BCUT2D eigenvalue weighted by Crippen LogP contribution is -2.30. The molecule has 0 fully saturated rings. The first-order valence-electron chi connectivity index (χ1n) is 13.9. The quantitative estimate of drug-likeness (QED) is 0.127. The number of para-hydroxylation sites is 2. The molecule has 1 unspecified atom stereocenters. The molecule has 8 nitrogen and oxygen atoms in total. The van der Waals surface area contributed by atoms with E-state index in [9.17, 15) is 14.4 Å². The lowest BCUT2D eigenvalue weighted by Gasteiger charge is -2.16. The number of benzene rings is 4. The lowest BCUT2D eigenvalue weighted by molar-refractivity contribution is -0.115. The summed E-state index contributed by atoms with van der Waals surface area (Å²) in [5, 5.41) is 8.27. The summed E-state index contributed by atoms with van der Waals surface area (Å²) >= 11 is 1.41. The van der Waals surface area contributed by atoms with Crippen LogP contribution in [0.2, 0.25) is 0 Å². The van der Waals surface area contributed by atoms with E-state index in [-0.39, 0.29) is 16.9 Å². The third-order valence-corrected chi connectivity index (χ3v) is 7.90. The van der Waals surface area contributed by atoms with Gasteiger partial charge in [0.15, 0.2) is 11.5 Å². The molecule has 1 atom stereocenters. The Kier molecular flexibility index (Phi) is 10.8. The number of hydrogen-bond donors (Lipinski definition) is 3. The topological polar surface area (TPSA) is 106 Å². The van der Waals surface area contributed by atoms with Crippen molar-refractivity contribution < 1.29 is 23.9 Å². The Morgan fingerprint density at radius 1 is 0.773 bits per heavy atom. The zero-order valence-corrected chi connectivity index (χ0v) is 26.1. The second-order valence-electron chi connectivity index (χ2n) is 9.96. The molecule has 4 aromatic carbocycles. The first-order chi connectivity index (χ1) is 21.2. The molecule has 0 aliphatic heterocycles. The van der Waals surface area contributed by atoms with Gasteiger partial charge in [0, 0.05) is 27.4 Å². The van der Waals surface area contributed by atoms with Gasteiger partial charge in [-0.2, -0.15) is 0 Å². The third-order valence-electron chi connectivity index (χ3n) is 6.79. The standard InChI is InChI=1S/C35H35N3O5S/c1-22-11-9-12-23(2)31(22)38-33(39)24(3)44-28-19-17-27(18-20-28)36-35(41)29(37-34(40)25-13-7-6-8-14-25)21-26-15-10-16-30(42-4)32(26)43-5/h6-21,24H,1-5H3,(H,36,41)(H,37,40)(H,38,39)/b29-21-. The molecule has 0 spiro atoms. The Balaban J connectivity index is 1.50. The zero-order chi connectivity index (χ0) is 31.6. The number of nitrogens with one attached hydrogen (secondary N) is 3. The fourth-order valence-corrected chi connectivity index (χ4v) is 5.30. The maximum Gasteiger partial charge on any atom is 0.272 e. The van der Waals surface area contributed by atoms with Gasteiger partial charge in [-0.15, -0.1) is 11.8 Å². The highest BCUT2D eigenvalue weighted by Gasteiger charge is 2.19. The molecule has 0 radical (unpaired) electrons. The van der Waals surface area contributed by atoms with Crippen LogP contribution in [0.5, 0.6) is 11.5 Å². The Morgan fingerprint density at radius 2 is 1.43 bits per heavy atom. The molecular formula is C35H35N3O5S. The molecule has 3 N–H and O–H groups in total. The predicted molar refractivity (Wildman–Crippen MR) is 176 cm³/mol. The lowest BCUT2D eigenvalue weighted by atomic mass is 10.1. The molecule has 3 amide bonds. The predicted octanol–water partition coefficient (Wildman–Crippen LogP) is 6.85. The molecule has 44 heavy (non-hydrogen) atoms. The van der Waals surface area contributed by atoms with Gasteiger partial charge in [0.1, 0.15) is 5.70 Å². The first-order valence-corrected chi connectivity index (χ1v) is 14.8. The van der Waals surface area contributed by atoms with Crippen LogP contribution < -0.4 is 25.4 Å². The number of rotatable bonds is 11. The van der Waals surface area contributed by atoms with Gasteiger partial charge in [-0.1, -0.05) is 48.5 Å². The van der Waals surface area contributed by atoms with E-state index < -0.39 is 11.8 Å². The van der Waals surface area contributed by atoms with Crippen molar-refractivity contribution >= 4 is 46.9 Å². The molecule has 0 aliphatic rings. The number of ether oxygens (including phenoxy) is 2. The van der Waals surface area contributed by atoms with Crippen molar-refractivity contribution in [2.45, 2.75) is 30.9 Å². The minimum absolute atomic E-state index is 0.0145. The summed E-state index contributed by atoms with van der Waals surface area (Å²) in [6, 6.07) is 27.0. The second kappa shape index (κ2) is 14.9. The summed E-state index contributed by atoms with van der Waals surface area (Å²) in [5.41, 5.74) is 4.33. The number of thioether (sulfide) groups is 1. The molecule has 0 aliphatic carbocycles. The van der Waals surface area contributed by atoms with E-state index in [4.69, 9.17) is 9.47 Å². The van der Waals surface area contributed by atoms with Crippen LogP contribution in [0.3, 0.4) is 0 Å². The molecule has 226 valence electrons. The molecule has 4 aromatic rings. The Labute approximate surface area is 261 Å². The van der Waals surface area contributed by atoms with E-state index in [0.717, 1.165) is 21.7 Å². The minimum atomic E-state index is -0.527. The third kappa shape index (κ3) is 8.08. The van der Waals surface area contributed by atoms with Gasteiger partial charge in [-0.25, -0.2) is 0 Å². The number of carbonyl (C=O) groups is 3. The number of aryl methyl sites for hydroxylation is 2. The van der Waals surface area contributed by atoms with Crippen molar-refractivity contribution in [3.05, 3.63) is 119 Å². The SMILES string of the molecule is COc1cccc(/C=C(\NC(=O)c2ccccc2)C(=O)Nc2ccc(SC(C)C(=O)Nc3c(C)cccc3C)cc2)c1OC. The fraction of sp³-hybridized carbons (Fsp3) is 0.171. The summed E-state index contributed by atoms with van der Waals surface area (Å²) in [7, 11) is 3.03. The molecule has 0 aromatic heterocycles. The molecule has 4 rings (SSSR count). The van der Waals surface area contributed by atoms with Gasteiger partial charge in [0.2, 0.25) is 5.91 Å². The molecule has 0 saturated heterocycles. The number of amides is 3. The maximum absolute atomic E-state index is 13.5. The number of carbonyl (C=O) groups excluding carboxylic acids is 3. The Hall–Kier alpha value is -5.02. The largest absolute Gasteiger partial charge is 0.493 e. The smallest absolute Gasteiger partial charge is 0.272 e. The fourth-order valence-electron chi connectivity index (χ4n) is 4.43. The van der Waals surface area contributed by atoms with Crippen molar-refractivity contribution in [3.63, 3.8) is 0 Å². The Bertz CT molecular complexity index is 1650. The average Bonchev–Trinajstić information content (AvgIpc) is 3.03. The zero-order valence-electron chi connectivity index (χ0n) is 25.3. The van der Waals surface area contributed by atoms with Gasteiger partial charge in [0.25, 0.3) is 11.8 Å². The van der Waals surface area contributed by atoms with E-state index in [1.54, 1.807) is 54.6 Å². The number of hydrogen-bond acceptors (Lipinski definition) is 6. The van der Waals surface area contributed by atoms with Crippen LogP contribution in [0.4, 0.5) is 11.4 Å². The summed E-state index contributed by atoms with van der Waals surface area (Å²) in [4.78, 5) is 40.3. The van der Waals surface area contributed by atoms with Crippen molar-refractivity contribution in [2.24, 2.45) is 0 Å². The van der Waals surface area contributed by atoms with Crippen LogP contribution >= 0.6 is 11.8 Å². The minimum Gasteiger partial charge on any atom is -0.493 e. The maximum atomic E-state index is 13.5. The summed E-state index contributed by atoms with van der Waals surface area (Å²) < 4.78 is 10.9. The van der Waals surface area contributed by atoms with Gasteiger partial charge in [-0.3, -0.25) is 14.4 Å². The highest BCUT2D eigenvalue weighted by Crippen LogP contribution is 2.32. The molecule has 9 heteroatoms. The Morgan fingerprint density at radius 3 is 2.07 bits per heavy atom. The molecular weight excluding hydrogens is 574 g/mol. The van der Waals surface area contributed by atoms with Crippen molar-refractivity contribution in [2.75, 3.05) is 24.9 Å². The van der Waals surface area contributed by atoms with Crippen LogP contribution in [0, 0.1) is 13.8 Å². The van der Waals surface area contributed by atoms with Crippen LogP contribution in [0.15, 0.2) is 102 Å².